The summed E-state index contributed by atoms with van der Waals surface area (Å²) in [6.45, 7) is 6.93. The molecule has 1 aliphatic rings. The molecule has 1 aromatic carbocycles. The number of rotatable bonds is 5. The van der Waals surface area contributed by atoms with E-state index in [0.29, 0.717) is 5.88 Å². The van der Waals surface area contributed by atoms with Crippen LogP contribution in [-0.4, -0.2) is 40.0 Å². The maximum absolute atomic E-state index is 5.94. The van der Waals surface area contributed by atoms with E-state index in [4.69, 9.17) is 16.6 Å². The molecule has 3 nitrogen and oxygen atoms in total. The molecule has 0 bridgehead atoms. The number of aromatic nitrogens is 2. The molecule has 1 atom stereocenters. The van der Waals surface area contributed by atoms with E-state index in [2.05, 4.69) is 40.7 Å². The summed E-state index contributed by atoms with van der Waals surface area (Å²) < 4.78 is 2.39. The van der Waals surface area contributed by atoms with Crippen LogP contribution in [0.1, 0.15) is 19.2 Å². The third-order valence-electron chi connectivity index (χ3n) is 4.31. The Kier molecular flexibility index (Phi) is 4.27. The smallest absolute Gasteiger partial charge is 0.111 e. The van der Waals surface area contributed by atoms with E-state index in [1.165, 1.54) is 25.0 Å². The molecule has 0 amide bonds. The van der Waals surface area contributed by atoms with Crippen LogP contribution in [-0.2, 0) is 13.0 Å². The van der Waals surface area contributed by atoms with E-state index in [9.17, 15) is 0 Å². The molecule has 2 heterocycles. The van der Waals surface area contributed by atoms with Gasteiger partial charge in [0.2, 0.25) is 0 Å². The molecule has 108 valence electrons. The van der Waals surface area contributed by atoms with Crippen molar-refractivity contribution in [2.75, 3.05) is 25.5 Å². The van der Waals surface area contributed by atoms with Crippen LogP contribution in [0, 0.1) is 5.92 Å². The number of aryl methyl sites for hydroxylation is 1. The van der Waals surface area contributed by atoms with E-state index in [-0.39, 0.29) is 0 Å². The first-order valence-corrected chi connectivity index (χ1v) is 8.07. The van der Waals surface area contributed by atoms with Crippen molar-refractivity contribution in [2.45, 2.75) is 26.3 Å². The fourth-order valence-electron chi connectivity index (χ4n) is 3.21. The fourth-order valence-corrected chi connectivity index (χ4v) is 3.38. The van der Waals surface area contributed by atoms with Crippen LogP contribution < -0.4 is 0 Å². The molecule has 0 spiro atoms. The van der Waals surface area contributed by atoms with Gasteiger partial charge in [-0.25, -0.2) is 4.98 Å². The minimum Gasteiger partial charge on any atom is -0.328 e. The molecule has 4 heteroatoms. The lowest BCUT2D eigenvalue weighted by Gasteiger charge is -2.15. The van der Waals surface area contributed by atoms with E-state index < -0.39 is 0 Å². The number of likely N-dealkylation sites (tertiary alicyclic amines) is 1. The Balaban J connectivity index is 1.87. The lowest BCUT2D eigenvalue weighted by Crippen LogP contribution is -2.21. The Morgan fingerprint density at radius 2 is 2.20 bits per heavy atom. The van der Waals surface area contributed by atoms with Crippen molar-refractivity contribution in [1.82, 2.24) is 14.5 Å². The third kappa shape index (κ3) is 2.70. The van der Waals surface area contributed by atoms with E-state index in [1.807, 2.05) is 0 Å². The van der Waals surface area contributed by atoms with Crippen LogP contribution in [0.15, 0.2) is 24.3 Å². The number of alkyl halides is 1. The van der Waals surface area contributed by atoms with Gasteiger partial charge < -0.3 is 9.47 Å². The number of nitrogens with zero attached hydrogens (tertiary/aromatic N) is 3. The van der Waals surface area contributed by atoms with Crippen LogP contribution in [0.4, 0.5) is 0 Å². The van der Waals surface area contributed by atoms with Crippen molar-refractivity contribution in [3.8, 4) is 0 Å². The number of hydrogen-bond donors (Lipinski definition) is 0. The lowest BCUT2D eigenvalue weighted by molar-refractivity contribution is 0.332. The molecule has 1 fully saturated rings. The third-order valence-corrected chi connectivity index (χ3v) is 4.50. The van der Waals surface area contributed by atoms with Gasteiger partial charge in [0, 0.05) is 25.4 Å². The summed E-state index contributed by atoms with van der Waals surface area (Å²) >= 11 is 5.94. The summed E-state index contributed by atoms with van der Waals surface area (Å²) in [6.07, 6.45) is 2.14. The van der Waals surface area contributed by atoms with Crippen molar-refractivity contribution < 1.29 is 0 Å². The van der Waals surface area contributed by atoms with Gasteiger partial charge in [-0.3, -0.25) is 0 Å². The number of halogens is 1. The van der Waals surface area contributed by atoms with Crippen LogP contribution in [0.5, 0.6) is 0 Å². The lowest BCUT2D eigenvalue weighted by atomic mass is 10.1. The Hall–Kier alpha value is -1.06. The summed E-state index contributed by atoms with van der Waals surface area (Å²) in [4.78, 5) is 7.28. The van der Waals surface area contributed by atoms with Crippen molar-refractivity contribution in [3.63, 3.8) is 0 Å². The molecular weight excluding hydrogens is 270 g/mol. The predicted molar refractivity (Wildman–Crippen MR) is 84.4 cm³/mol. The zero-order chi connectivity index (χ0) is 13.9. The van der Waals surface area contributed by atoms with Crippen molar-refractivity contribution in [1.29, 1.82) is 0 Å². The van der Waals surface area contributed by atoms with Gasteiger partial charge in [0.15, 0.2) is 0 Å². The van der Waals surface area contributed by atoms with Crippen LogP contribution in [0.2, 0.25) is 0 Å². The average Bonchev–Trinajstić information content (AvgIpc) is 3.05. The second-order valence-corrected chi connectivity index (χ2v) is 5.99. The zero-order valence-electron chi connectivity index (χ0n) is 12.1. The maximum atomic E-state index is 5.94. The van der Waals surface area contributed by atoms with Crippen LogP contribution >= 0.6 is 11.6 Å². The van der Waals surface area contributed by atoms with Gasteiger partial charge in [-0.15, -0.1) is 11.6 Å². The highest BCUT2D eigenvalue weighted by Gasteiger charge is 2.23. The number of imidazole rings is 1. The van der Waals surface area contributed by atoms with Gasteiger partial charge in [-0.2, -0.15) is 0 Å². The summed E-state index contributed by atoms with van der Waals surface area (Å²) in [6, 6.07) is 8.42. The molecule has 0 N–H and O–H groups in total. The Bertz CT molecular complexity index is 578. The summed E-state index contributed by atoms with van der Waals surface area (Å²) in [5.74, 6) is 2.51. The van der Waals surface area contributed by atoms with Crippen molar-refractivity contribution >= 4 is 22.6 Å². The van der Waals surface area contributed by atoms with E-state index in [1.54, 1.807) is 0 Å². The highest BCUT2D eigenvalue weighted by molar-refractivity contribution is 6.17. The second-order valence-electron chi connectivity index (χ2n) is 5.61. The van der Waals surface area contributed by atoms with Crippen molar-refractivity contribution in [2.24, 2.45) is 5.92 Å². The van der Waals surface area contributed by atoms with Gasteiger partial charge in [-0.1, -0.05) is 19.1 Å². The monoisotopic (exact) mass is 291 g/mol. The Labute approximate surface area is 125 Å². The van der Waals surface area contributed by atoms with Crippen molar-refractivity contribution in [3.05, 3.63) is 30.1 Å². The standard InChI is InChI=1S/C16H22ClN3/c1-2-19-10-8-13(11-19)12-20-15-6-4-3-5-14(15)18-16(20)7-9-17/h3-6,13H,2,7-12H2,1H3. The Morgan fingerprint density at radius 1 is 1.35 bits per heavy atom. The van der Waals surface area contributed by atoms with Crippen LogP contribution in [0.3, 0.4) is 0 Å². The first kappa shape index (κ1) is 13.9. The van der Waals surface area contributed by atoms with Crippen LogP contribution in [0.25, 0.3) is 11.0 Å². The first-order valence-electron chi connectivity index (χ1n) is 7.54. The molecule has 0 radical (unpaired) electrons. The molecule has 0 aliphatic carbocycles. The molecule has 3 rings (SSSR count). The minimum atomic E-state index is 0.634. The molecule has 1 saturated heterocycles. The van der Waals surface area contributed by atoms with E-state index >= 15 is 0 Å². The normalized spacial score (nSPS) is 20.0. The average molecular weight is 292 g/mol. The SMILES string of the molecule is CCN1CCC(Cn2c(CCCl)nc3ccccc32)C1. The molecule has 0 saturated carbocycles. The fraction of sp³-hybridized carbons (Fsp3) is 0.562. The number of hydrogen-bond acceptors (Lipinski definition) is 2. The molecule has 1 unspecified atom stereocenters. The number of benzene rings is 1. The molecule has 1 aliphatic heterocycles. The molecular formula is C16H22ClN3. The molecule has 2 aromatic rings. The van der Waals surface area contributed by atoms with E-state index in [0.717, 1.165) is 36.8 Å². The summed E-state index contributed by atoms with van der Waals surface area (Å²) in [5.41, 5.74) is 2.35. The second kappa shape index (κ2) is 6.15. The highest BCUT2D eigenvalue weighted by Crippen LogP contribution is 2.23. The predicted octanol–water partition coefficient (Wildman–Crippen LogP) is 3.16. The summed E-state index contributed by atoms with van der Waals surface area (Å²) in [5, 5.41) is 0. The first-order chi connectivity index (χ1) is 9.81. The van der Waals surface area contributed by atoms with Gasteiger partial charge in [0.1, 0.15) is 5.82 Å². The maximum Gasteiger partial charge on any atom is 0.111 e. The topological polar surface area (TPSA) is 21.1 Å². The summed E-state index contributed by atoms with van der Waals surface area (Å²) in [7, 11) is 0. The van der Waals surface area contributed by atoms with Gasteiger partial charge in [0.05, 0.1) is 11.0 Å². The number of fused-ring (bicyclic) bond motifs is 1. The highest BCUT2D eigenvalue weighted by atomic mass is 35.5. The molecule has 1 aromatic heterocycles. The zero-order valence-corrected chi connectivity index (χ0v) is 12.8. The van der Waals surface area contributed by atoms with Gasteiger partial charge in [-0.05, 0) is 37.6 Å². The van der Waals surface area contributed by atoms with Gasteiger partial charge in [0.25, 0.3) is 0 Å². The molecule has 20 heavy (non-hydrogen) atoms. The quantitative estimate of drug-likeness (QED) is 0.789. The largest absolute Gasteiger partial charge is 0.328 e. The number of para-hydroxylation sites is 2. The Morgan fingerprint density at radius 3 is 2.95 bits per heavy atom. The minimum absolute atomic E-state index is 0.634. The van der Waals surface area contributed by atoms with Gasteiger partial charge >= 0.3 is 0 Å².